The van der Waals surface area contributed by atoms with Gasteiger partial charge in [-0.2, -0.15) is 14.9 Å². The van der Waals surface area contributed by atoms with E-state index in [-0.39, 0.29) is 18.1 Å². The van der Waals surface area contributed by atoms with Crippen molar-refractivity contribution < 1.29 is 14.3 Å². The van der Waals surface area contributed by atoms with Crippen LogP contribution in [-0.2, 0) is 0 Å². The molecule has 2 aliphatic rings. The lowest BCUT2D eigenvalue weighted by Gasteiger charge is -2.46. The van der Waals surface area contributed by atoms with Crippen LogP contribution in [0.25, 0.3) is 11.3 Å². The summed E-state index contributed by atoms with van der Waals surface area (Å²) in [6.45, 7) is 1.27. The number of hydrogen-bond donors (Lipinski definition) is 2. The molecule has 0 bridgehead atoms. The van der Waals surface area contributed by atoms with Crippen LogP contribution in [0.15, 0.2) is 67.3 Å². The Morgan fingerprint density at radius 3 is 2.44 bits per heavy atom. The van der Waals surface area contributed by atoms with Crippen LogP contribution in [0, 0.1) is 0 Å². The molecule has 2 aliphatic heterocycles. The number of aromatic nitrogens is 5. The highest BCUT2D eigenvalue weighted by Gasteiger charge is 2.43. The number of primary amides is 1. The first-order valence-electron chi connectivity index (χ1n) is 11.8. The van der Waals surface area contributed by atoms with Crippen LogP contribution in [-0.4, -0.2) is 60.5 Å². The van der Waals surface area contributed by atoms with Gasteiger partial charge in [0.25, 0.3) is 5.91 Å². The minimum atomic E-state index is -0.562. The summed E-state index contributed by atoms with van der Waals surface area (Å²) in [5, 5.41) is 12.1. The van der Waals surface area contributed by atoms with Crippen LogP contribution in [0.3, 0.4) is 0 Å². The van der Waals surface area contributed by atoms with Crippen molar-refractivity contribution in [1.82, 2.24) is 29.4 Å². The first-order valence-corrected chi connectivity index (χ1v) is 11.8. The van der Waals surface area contributed by atoms with Crippen LogP contribution in [0.1, 0.15) is 29.2 Å². The van der Waals surface area contributed by atoms with Crippen LogP contribution >= 0.6 is 0 Å². The highest BCUT2D eigenvalue weighted by molar-refractivity contribution is 6.03. The van der Waals surface area contributed by atoms with Crippen LogP contribution in [0.2, 0.25) is 0 Å². The third-order valence-corrected chi connectivity index (χ3v) is 6.68. The molecule has 1 saturated heterocycles. The van der Waals surface area contributed by atoms with E-state index in [9.17, 15) is 9.59 Å². The first kappa shape index (κ1) is 21.8. The average Bonchev–Trinajstić information content (AvgIpc) is 3.54. The van der Waals surface area contributed by atoms with Gasteiger partial charge in [0.15, 0.2) is 0 Å². The van der Waals surface area contributed by atoms with Crippen molar-refractivity contribution in [2.75, 3.05) is 18.4 Å². The Hall–Kier alpha value is -4.67. The standard InChI is InChI=1S/C25H24N8O3/c26-23(34)21-22(16-6-8-18(9-7-16)36-17-4-2-1-3-5-17)30-33-20(10-12-28-24(21)33)19-11-13-31(19)25(35)32-15-27-14-29-32/h1-9,14-15,19-20,28H,10-13H2,(H2,26,34). The quantitative estimate of drug-likeness (QED) is 0.445. The van der Waals surface area contributed by atoms with E-state index in [1.54, 1.807) is 4.90 Å². The van der Waals surface area contributed by atoms with Crippen LogP contribution < -0.4 is 15.8 Å². The molecule has 0 spiro atoms. The Morgan fingerprint density at radius 1 is 1.00 bits per heavy atom. The summed E-state index contributed by atoms with van der Waals surface area (Å²) in [5.41, 5.74) is 7.40. The number of anilines is 1. The molecule has 3 N–H and O–H groups in total. The molecule has 11 nitrogen and oxygen atoms in total. The number of hydrogen-bond acceptors (Lipinski definition) is 7. The Labute approximate surface area is 206 Å². The van der Waals surface area contributed by atoms with Crippen molar-refractivity contribution in [3.8, 4) is 22.8 Å². The van der Waals surface area contributed by atoms with E-state index in [1.165, 1.54) is 17.3 Å². The largest absolute Gasteiger partial charge is 0.457 e. The van der Waals surface area contributed by atoms with Crippen molar-refractivity contribution in [3.05, 3.63) is 72.8 Å². The highest BCUT2D eigenvalue weighted by Crippen LogP contribution is 2.40. The van der Waals surface area contributed by atoms with Gasteiger partial charge in [-0.25, -0.2) is 14.5 Å². The summed E-state index contributed by atoms with van der Waals surface area (Å²) in [6.07, 6.45) is 4.32. The SMILES string of the molecule is NC(=O)c1c(-c2ccc(Oc3ccccc3)cc2)nn2c1NCCC2C1CCN1C(=O)n1cncn1. The van der Waals surface area contributed by atoms with Crippen LogP contribution in [0.5, 0.6) is 11.5 Å². The molecule has 2 atom stereocenters. The molecule has 6 rings (SSSR count). The molecule has 0 aliphatic carbocycles. The van der Waals surface area contributed by atoms with Crippen molar-refractivity contribution in [2.24, 2.45) is 5.73 Å². The van der Waals surface area contributed by atoms with E-state index in [2.05, 4.69) is 15.4 Å². The zero-order valence-electron chi connectivity index (χ0n) is 19.3. The second kappa shape index (κ2) is 8.84. The highest BCUT2D eigenvalue weighted by atomic mass is 16.5. The number of carbonyl (C=O) groups excluding carboxylic acids is 2. The second-order valence-corrected chi connectivity index (χ2v) is 8.78. The molecule has 182 valence electrons. The van der Waals surface area contributed by atoms with E-state index in [0.29, 0.717) is 35.9 Å². The lowest BCUT2D eigenvalue weighted by Crippen LogP contribution is -2.57. The monoisotopic (exact) mass is 484 g/mol. The predicted octanol–water partition coefficient (Wildman–Crippen LogP) is 3.13. The molecular weight excluding hydrogens is 460 g/mol. The first-order chi connectivity index (χ1) is 17.6. The van der Waals surface area contributed by atoms with E-state index < -0.39 is 5.91 Å². The zero-order chi connectivity index (χ0) is 24.6. The Bertz CT molecular complexity index is 1400. The molecule has 2 aromatic carbocycles. The maximum atomic E-state index is 12.9. The fourth-order valence-corrected chi connectivity index (χ4v) is 4.88. The van der Waals surface area contributed by atoms with Crippen molar-refractivity contribution >= 4 is 17.8 Å². The summed E-state index contributed by atoms with van der Waals surface area (Å²) in [6, 6.07) is 16.5. The number of amides is 2. The van der Waals surface area contributed by atoms with Gasteiger partial charge in [0, 0.05) is 18.7 Å². The maximum Gasteiger partial charge on any atom is 0.346 e. The van der Waals surface area contributed by atoms with Crippen LogP contribution in [0.4, 0.5) is 10.6 Å². The number of ether oxygens (including phenoxy) is 1. The number of nitrogens with zero attached hydrogens (tertiary/aromatic N) is 6. The number of carbonyl (C=O) groups is 2. The molecule has 1 fully saturated rings. The van der Waals surface area contributed by atoms with Gasteiger partial charge in [0.2, 0.25) is 0 Å². The third-order valence-electron chi connectivity index (χ3n) is 6.68. The molecule has 36 heavy (non-hydrogen) atoms. The topological polar surface area (TPSA) is 133 Å². The van der Waals surface area contributed by atoms with Gasteiger partial charge in [-0.3, -0.25) is 4.79 Å². The third kappa shape index (κ3) is 3.74. The van der Waals surface area contributed by atoms with Gasteiger partial charge in [-0.1, -0.05) is 18.2 Å². The van der Waals surface area contributed by atoms with Gasteiger partial charge in [0.1, 0.15) is 41.2 Å². The summed E-state index contributed by atoms with van der Waals surface area (Å²) in [7, 11) is 0. The van der Waals surface area contributed by atoms with Crippen molar-refractivity contribution in [3.63, 3.8) is 0 Å². The van der Waals surface area contributed by atoms with E-state index >= 15 is 0 Å². The minimum Gasteiger partial charge on any atom is -0.457 e. The average molecular weight is 485 g/mol. The Balaban J connectivity index is 1.31. The van der Waals surface area contributed by atoms with Gasteiger partial charge in [0.05, 0.1) is 12.1 Å². The lowest BCUT2D eigenvalue weighted by atomic mass is 9.92. The Morgan fingerprint density at radius 2 is 1.78 bits per heavy atom. The van der Waals surface area contributed by atoms with Gasteiger partial charge in [-0.15, -0.1) is 0 Å². The number of rotatable bonds is 5. The van der Waals surface area contributed by atoms with E-state index in [1.807, 2.05) is 59.3 Å². The van der Waals surface area contributed by atoms with Gasteiger partial charge >= 0.3 is 6.03 Å². The summed E-state index contributed by atoms with van der Waals surface area (Å²) in [4.78, 5) is 31.1. The number of nitrogens with two attached hydrogens (primary N) is 1. The number of para-hydroxylation sites is 1. The Kier molecular flexibility index (Phi) is 5.36. The summed E-state index contributed by atoms with van der Waals surface area (Å²) in [5.74, 6) is 1.42. The number of likely N-dealkylation sites (tertiary alicyclic amines) is 1. The zero-order valence-corrected chi connectivity index (χ0v) is 19.3. The molecule has 2 amide bonds. The van der Waals surface area contributed by atoms with Gasteiger partial charge < -0.3 is 20.7 Å². The normalized spacial score (nSPS) is 18.6. The summed E-state index contributed by atoms with van der Waals surface area (Å²) < 4.78 is 8.94. The number of benzene rings is 2. The molecule has 0 radical (unpaired) electrons. The molecule has 4 aromatic rings. The fraction of sp³-hybridized carbons (Fsp3) is 0.240. The van der Waals surface area contributed by atoms with Crippen molar-refractivity contribution in [2.45, 2.75) is 24.9 Å². The number of nitrogens with one attached hydrogen (secondary N) is 1. The smallest absolute Gasteiger partial charge is 0.346 e. The predicted molar refractivity (Wildman–Crippen MR) is 131 cm³/mol. The fourth-order valence-electron chi connectivity index (χ4n) is 4.88. The molecule has 0 saturated carbocycles. The van der Waals surface area contributed by atoms with E-state index in [0.717, 1.165) is 24.2 Å². The summed E-state index contributed by atoms with van der Waals surface area (Å²) >= 11 is 0. The molecule has 4 heterocycles. The maximum absolute atomic E-state index is 12.9. The minimum absolute atomic E-state index is 0.0716. The van der Waals surface area contributed by atoms with E-state index in [4.69, 9.17) is 15.6 Å². The second-order valence-electron chi connectivity index (χ2n) is 8.78. The molecule has 2 aromatic heterocycles. The lowest BCUT2D eigenvalue weighted by molar-refractivity contribution is 0.0704. The molecule has 11 heteroatoms. The van der Waals surface area contributed by atoms with Gasteiger partial charge in [-0.05, 0) is 49.2 Å². The molecule has 2 unspecified atom stereocenters. The number of fused-ring (bicyclic) bond motifs is 1. The van der Waals surface area contributed by atoms with Crippen molar-refractivity contribution in [1.29, 1.82) is 0 Å². The molecular formula is C25H24N8O3.